The van der Waals surface area contributed by atoms with Gasteiger partial charge >= 0.3 is 6.03 Å². The van der Waals surface area contributed by atoms with E-state index in [2.05, 4.69) is 29.7 Å². The summed E-state index contributed by atoms with van der Waals surface area (Å²) in [6.07, 6.45) is 7.60. The standard InChI is InChI=1S/C21H30N2O2/c1-14-5-3-4-6-18(14)19(25-2)13-22-20(24)23-21-10-15-7-16(11-21)9-17(8-15)12-21/h3-6,15-17,19H,7-13H2,1-2H3,(H2,22,23,24)/t15?,16?,17?,19-,21?/m1/s1. The van der Waals surface area contributed by atoms with Gasteiger partial charge in [0.15, 0.2) is 0 Å². The highest BCUT2D eigenvalue weighted by molar-refractivity contribution is 5.75. The van der Waals surface area contributed by atoms with Crippen molar-refractivity contribution in [1.29, 1.82) is 0 Å². The lowest BCUT2D eigenvalue weighted by Gasteiger charge is -2.56. The molecule has 2 N–H and O–H groups in total. The lowest BCUT2D eigenvalue weighted by Crippen LogP contribution is -2.61. The fourth-order valence-electron chi connectivity index (χ4n) is 6.00. The fraction of sp³-hybridized carbons (Fsp3) is 0.667. The Balaban J connectivity index is 1.35. The van der Waals surface area contributed by atoms with E-state index >= 15 is 0 Å². The molecule has 4 fully saturated rings. The van der Waals surface area contributed by atoms with Crippen LogP contribution in [0.15, 0.2) is 24.3 Å². The van der Waals surface area contributed by atoms with E-state index in [1.54, 1.807) is 7.11 Å². The fourth-order valence-corrected chi connectivity index (χ4v) is 6.00. The zero-order valence-corrected chi connectivity index (χ0v) is 15.4. The number of nitrogens with one attached hydrogen (secondary N) is 2. The van der Waals surface area contributed by atoms with Gasteiger partial charge in [0.2, 0.25) is 0 Å². The second-order valence-electron chi connectivity index (χ2n) is 8.61. The molecule has 4 aliphatic rings. The topological polar surface area (TPSA) is 50.4 Å². The van der Waals surface area contributed by atoms with E-state index in [-0.39, 0.29) is 17.7 Å². The van der Waals surface area contributed by atoms with Gasteiger partial charge in [0.25, 0.3) is 0 Å². The van der Waals surface area contributed by atoms with Crippen LogP contribution in [0.5, 0.6) is 0 Å². The van der Waals surface area contributed by atoms with Crippen LogP contribution in [0.2, 0.25) is 0 Å². The molecule has 0 aromatic heterocycles. The number of rotatable bonds is 5. The first-order valence-corrected chi connectivity index (χ1v) is 9.71. The first-order chi connectivity index (χ1) is 12.1. The number of aryl methyl sites for hydroxylation is 1. The van der Waals surface area contributed by atoms with Crippen molar-refractivity contribution in [3.05, 3.63) is 35.4 Å². The predicted molar refractivity (Wildman–Crippen MR) is 98.4 cm³/mol. The molecule has 0 aliphatic heterocycles. The summed E-state index contributed by atoms with van der Waals surface area (Å²) in [5.41, 5.74) is 2.39. The minimum absolute atomic E-state index is 0.0300. The molecule has 0 saturated heterocycles. The molecule has 1 aromatic rings. The number of methoxy groups -OCH3 is 1. The Morgan fingerprint density at radius 1 is 1.16 bits per heavy atom. The summed E-state index contributed by atoms with van der Waals surface area (Å²) < 4.78 is 5.62. The SMILES string of the molecule is CO[C@H](CNC(=O)NC12CC3CC(CC(C3)C1)C2)c1ccccc1C. The van der Waals surface area contributed by atoms with Gasteiger partial charge in [0, 0.05) is 19.2 Å². The highest BCUT2D eigenvalue weighted by Gasteiger charge is 2.51. The Labute approximate surface area is 150 Å². The van der Waals surface area contributed by atoms with Crippen molar-refractivity contribution in [1.82, 2.24) is 10.6 Å². The van der Waals surface area contributed by atoms with Crippen LogP contribution in [0.1, 0.15) is 55.8 Å². The largest absolute Gasteiger partial charge is 0.375 e. The average molecular weight is 342 g/mol. The average Bonchev–Trinajstić information content (AvgIpc) is 2.55. The van der Waals surface area contributed by atoms with Gasteiger partial charge < -0.3 is 15.4 Å². The van der Waals surface area contributed by atoms with Crippen LogP contribution in [-0.2, 0) is 4.74 Å². The van der Waals surface area contributed by atoms with E-state index in [9.17, 15) is 4.79 Å². The Morgan fingerprint density at radius 2 is 1.76 bits per heavy atom. The summed E-state index contributed by atoms with van der Waals surface area (Å²) in [7, 11) is 1.70. The first kappa shape index (κ1) is 16.9. The highest BCUT2D eigenvalue weighted by atomic mass is 16.5. The molecule has 4 aliphatic carbocycles. The van der Waals surface area contributed by atoms with Crippen molar-refractivity contribution in [3.63, 3.8) is 0 Å². The second kappa shape index (κ2) is 6.64. The molecule has 1 atom stereocenters. The molecule has 1 aromatic carbocycles. The number of benzene rings is 1. The molecule has 25 heavy (non-hydrogen) atoms. The van der Waals surface area contributed by atoms with Gasteiger partial charge in [-0.05, 0) is 74.3 Å². The number of amides is 2. The summed E-state index contributed by atoms with van der Waals surface area (Å²) in [4.78, 5) is 12.6. The van der Waals surface area contributed by atoms with Crippen LogP contribution in [0, 0.1) is 24.7 Å². The lowest BCUT2D eigenvalue weighted by atomic mass is 9.53. The van der Waals surface area contributed by atoms with Gasteiger partial charge in [-0.3, -0.25) is 0 Å². The van der Waals surface area contributed by atoms with Gasteiger partial charge in [-0.15, -0.1) is 0 Å². The maximum atomic E-state index is 12.6. The molecule has 4 heteroatoms. The van der Waals surface area contributed by atoms with Gasteiger partial charge in [0.1, 0.15) is 0 Å². The minimum atomic E-state index is -0.108. The van der Waals surface area contributed by atoms with Crippen molar-refractivity contribution < 1.29 is 9.53 Å². The van der Waals surface area contributed by atoms with E-state index in [0.29, 0.717) is 6.54 Å². The molecule has 4 nitrogen and oxygen atoms in total. The van der Waals surface area contributed by atoms with Crippen LogP contribution < -0.4 is 10.6 Å². The zero-order chi connectivity index (χ0) is 17.4. The van der Waals surface area contributed by atoms with Crippen molar-refractivity contribution in [3.8, 4) is 0 Å². The minimum Gasteiger partial charge on any atom is -0.375 e. The van der Waals surface area contributed by atoms with Gasteiger partial charge in [-0.2, -0.15) is 0 Å². The van der Waals surface area contributed by atoms with E-state index < -0.39 is 0 Å². The molecule has 0 spiro atoms. The molecule has 2 amide bonds. The van der Waals surface area contributed by atoms with E-state index in [0.717, 1.165) is 23.3 Å². The lowest BCUT2D eigenvalue weighted by molar-refractivity contribution is -0.0137. The Kier molecular flexibility index (Phi) is 4.48. The molecule has 0 heterocycles. The Bertz CT molecular complexity index is 607. The smallest absolute Gasteiger partial charge is 0.315 e. The Morgan fingerprint density at radius 3 is 2.32 bits per heavy atom. The predicted octanol–water partition coefficient (Wildman–Crippen LogP) is 3.95. The quantitative estimate of drug-likeness (QED) is 0.851. The maximum Gasteiger partial charge on any atom is 0.315 e. The van der Waals surface area contributed by atoms with Crippen molar-refractivity contribution >= 4 is 6.03 Å². The van der Waals surface area contributed by atoms with Gasteiger partial charge in [-0.1, -0.05) is 24.3 Å². The van der Waals surface area contributed by atoms with Crippen LogP contribution in [0.25, 0.3) is 0 Å². The van der Waals surface area contributed by atoms with Crippen LogP contribution in [-0.4, -0.2) is 25.2 Å². The molecule has 4 saturated carbocycles. The van der Waals surface area contributed by atoms with Crippen LogP contribution in [0.3, 0.4) is 0 Å². The highest BCUT2D eigenvalue weighted by Crippen LogP contribution is 2.55. The third kappa shape index (κ3) is 3.41. The third-order valence-corrected chi connectivity index (χ3v) is 6.68. The summed E-state index contributed by atoms with van der Waals surface area (Å²) in [6, 6.07) is 8.17. The molecular formula is C21H30N2O2. The van der Waals surface area contributed by atoms with E-state index in [1.807, 2.05) is 12.1 Å². The van der Waals surface area contributed by atoms with Crippen molar-refractivity contribution in [2.45, 2.75) is 57.1 Å². The summed E-state index contributed by atoms with van der Waals surface area (Å²) in [5.74, 6) is 2.51. The normalized spacial score (nSPS) is 33.9. The number of hydrogen-bond donors (Lipinski definition) is 2. The van der Waals surface area contributed by atoms with Gasteiger partial charge in [-0.25, -0.2) is 4.79 Å². The van der Waals surface area contributed by atoms with Crippen molar-refractivity contribution in [2.24, 2.45) is 17.8 Å². The van der Waals surface area contributed by atoms with E-state index in [1.165, 1.54) is 44.1 Å². The molecule has 4 bridgehead atoms. The summed E-state index contributed by atoms with van der Waals surface area (Å²) >= 11 is 0. The molecule has 0 radical (unpaired) electrons. The van der Waals surface area contributed by atoms with Crippen LogP contribution >= 0.6 is 0 Å². The molecular weight excluding hydrogens is 312 g/mol. The summed E-state index contributed by atoms with van der Waals surface area (Å²) in [6.45, 7) is 2.58. The summed E-state index contributed by atoms with van der Waals surface area (Å²) in [5, 5.41) is 6.42. The Hall–Kier alpha value is -1.55. The zero-order valence-electron chi connectivity index (χ0n) is 15.4. The second-order valence-corrected chi connectivity index (χ2v) is 8.61. The number of carbonyl (C=O) groups is 1. The van der Waals surface area contributed by atoms with Crippen LogP contribution in [0.4, 0.5) is 4.79 Å². The number of hydrogen-bond acceptors (Lipinski definition) is 2. The first-order valence-electron chi connectivity index (χ1n) is 9.71. The number of urea groups is 1. The van der Waals surface area contributed by atoms with E-state index in [4.69, 9.17) is 4.74 Å². The van der Waals surface area contributed by atoms with Gasteiger partial charge in [0.05, 0.1) is 6.10 Å². The third-order valence-electron chi connectivity index (χ3n) is 6.68. The molecule has 136 valence electrons. The molecule has 5 rings (SSSR count). The maximum absolute atomic E-state index is 12.6. The monoisotopic (exact) mass is 342 g/mol. The number of carbonyl (C=O) groups excluding carboxylic acids is 1. The molecule has 0 unspecified atom stereocenters. The van der Waals surface area contributed by atoms with Crippen molar-refractivity contribution in [2.75, 3.05) is 13.7 Å². The number of ether oxygens (including phenoxy) is 1.